The standard InChI is InChI=1S/C17H23NO3/c1-14-17(8-11-20-14)13-18(10-12-21-17)9-7-16(19)15-5-3-2-4-6-15/h2-6,14H,7-13H2,1H3/t14-,17-/m1/s1. The largest absolute Gasteiger partial charge is 0.375 e. The molecule has 1 aromatic rings. The molecule has 2 heterocycles. The van der Waals surface area contributed by atoms with Crippen LogP contribution in [0.2, 0.25) is 0 Å². The predicted molar refractivity (Wildman–Crippen MR) is 80.5 cm³/mol. The summed E-state index contributed by atoms with van der Waals surface area (Å²) in [5.74, 6) is 0.215. The molecule has 0 radical (unpaired) electrons. The summed E-state index contributed by atoms with van der Waals surface area (Å²) in [6, 6.07) is 9.53. The summed E-state index contributed by atoms with van der Waals surface area (Å²) in [6.45, 7) is 6.16. The molecule has 0 bridgehead atoms. The smallest absolute Gasteiger partial charge is 0.164 e. The van der Waals surface area contributed by atoms with Crippen LogP contribution >= 0.6 is 0 Å². The molecule has 2 saturated heterocycles. The second-order valence-electron chi connectivity index (χ2n) is 5.99. The van der Waals surface area contributed by atoms with E-state index in [1.807, 2.05) is 30.3 Å². The molecule has 3 rings (SSSR count). The molecule has 114 valence electrons. The van der Waals surface area contributed by atoms with E-state index in [-0.39, 0.29) is 17.5 Å². The van der Waals surface area contributed by atoms with Crippen LogP contribution in [0.4, 0.5) is 0 Å². The van der Waals surface area contributed by atoms with E-state index in [4.69, 9.17) is 9.47 Å². The van der Waals surface area contributed by atoms with Crippen molar-refractivity contribution in [2.45, 2.75) is 31.5 Å². The van der Waals surface area contributed by atoms with Gasteiger partial charge in [0.05, 0.1) is 12.7 Å². The summed E-state index contributed by atoms with van der Waals surface area (Å²) in [7, 11) is 0. The van der Waals surface area contributed by atoms with E-state index >= 15 is 0 Å². The van der Waals surface area contributed by atoms with Gasteiger partial charge in [0.1, 0.15) is 5.60 Å². The number of morpholine rings is 1. The zero-order chi connectivity index (χ0) is 14.7. The topological polar surface area (TPSA) is 38.8 Å². The maximum absolute atomic E-state index is 12.2. The third-order valence-corrected chi connectivity index (χ3v) is 4.67. The van der Waals surface area contributed by atoms with Crippen molar-refractivity contribution >= 4 is 5.78 Å². The van der Waals surface area contributed by atoms with Crippen LogP contribution < -0.4 is 0 Å². The fraction of sp³-hybridized carbons (Fsp3) is 0.588. The Morgan fingerprint density at radius 1 is 1.33 bits per heavy atom. The molecule has 2 aliphatic rings. The number of hydrogen-bond donors (Lipinski definition) is 0. The highest BCUT2D eigenvalue weighted by Crippen LogP contribution is 2.33. The Kier molecular flexibility index (Phi) is 4.38. The Morgan fingerprint density at radius 2 is 2.14 bits per heavy atom. The number of hydrogen-bond acceptors (Lipinski definition) is 4. The lowest BCUT2D eigenvalue weighted by Crippen LogP contribution is -2.55. The summed E-state index contributed by atoms with van der Waals surface area (Å²) in [6.07, 6.45) is 1.66. The second kappa shape index (κ2) is 6.26. The van der Waals surface area contributed by atoms with Crippen LogP contribution in [0.5, 0.6) is 0 Å². The van der Waals surface area contributed by atoms with Crippen molar-refractivity contribution in [1.29, 1.82) is 0 Å². The van der Waals surface area contributed by atoms with Crippen molar-refractivity contribution in [3.05, 3.63) is 35.9 Å². The first-order valence-electron chi connectivity index (χ1n) is 7.76. The third-order valence-electron chi connectivity index (χ3n) is 4.67. The summed E-state index contributed by atoms with van der Waals surface area (Å²) in [5.41, 5.74) is 0.645. The number of ether oxygens (including phenoxy) is 2. The van der Waals surface area contributed by atoms with Crippen LogP contribution in [0.15, 0.2) is 30.3 Å². The van der Waals surface area contributed by atoms with Gasteiger partial charge in [0, 0.05) is 44.6 Å². The van der Waals surface area contributed by atoms with Crippen molar-refractivity contribution in [3.8, 4) is 0 Å². The Bertz CT molecular complexity index is 490. The highest BCUT2D eigenvalue weighted by Gasteiger charge is 2.45. The van der Waals surface area contributed by atoms with Gasteiger partial charge < -0.3 is 9.47 Å². The summed E-state index contributed by atoms with van der Waals surface area (Å²) in [5, 5.41) is 0. The minimum absolute atomic E-state index is 0.144. The maximum atomic E-state index is 12.2. The van der Waals surface area contributed by atoms with Crippen LogP contribution in [0.25, 0.3) is 0 Å². The molecule has 1 spiro atoms. The van der Waals surface area contributed by atoms with Gasteiger partial charge in [-0.15, -0.1) is 0 Å². The predicted octanol–water partition coefficient (Wildman–Crippen LogP) is 2.14. The van der Waals surface area contributed by atoms with E-state index in [0.29, 0.717) is 6.42 Å². The Hall–Kier alpha value is -1.23. The SMILES string of the molecule is C[C@H]1OCC[C@@]12CN(CCC(=O)c1ccccc1)CCO2. The van der Waals surface area contributed by atoms with Crippen LogP contribution in [0, 0.1) is 0 Å². The van der Waals surface area contributed by atoms with E-state index in [1.165, 1.54) is 0 Å². The molecular weight excluding hydrogens is 266 g/mol. The van der Waals surface area contributed by atoms with Crippen LogP contribution in [0.3, 0.4) is 0 Å². The normalized spacial score (nSPS) is 29.9. The Morgan fingerprint density at radius 3 is 2.86 bits per heavy atom. The van der Waals surface area contributed by atoms with Gasteiger partial charge in [-0.05, 0) is 6.92 Å². The number of nitrogens with zero attached hydrogens (tertiary/aromatic N) is 1. The summed E-state index contributed by atoms with van der Waals surface area (Å²) >= 11 is 0. The molecule has 1 aromatic carbocycles. The zero-order valence-corrected chi connectivity index (χ0v) is 12.6. The fourth-order valence-corrected chi connectivity index (χ4v) is 3.26. The van der Waals surface area contributed by atoms with Crippen molar-refractivity contribution < 1.29 is 14.3 Å². The molecular formula is C17H23NO3. The summed E-state index contributed by atoms with van der Waals surface area (Å²) < 4.78 is 11.7. The van der Waals surface area contributed by atoms with Gasteiger partial charge in [-0.2, -0.15) is 0 Å². The van der Waals surface area contributed by atoms with Gasteiger partial charge in [-0.1, -0.05) is 30.3 Å². The van der Waals surface area contributed by atoms with Gasteiger partial charge in [0.2, 0.25) is 0 Å². The Balaban J connectivity index is 1.55. The lowest BCUT2D eigenvalue weighted by Gasteiger charge is -2.42. The number of benzene rings is 1. The Labute approximate surface area is 126 Å². The molecule has 0 saturated carbocycles. The molecule has 0 N–H and O–H groups in total. The molecule has 2 atom stereocenters. The second-order valence-corrected chi connectivity index (χ2v) is 5.99. The quantitative estimate of drug-likeness (QED) is 0.796. The number of rotatable bonds is 4. The first kappa shape index (κ1) is 14.7. The lowest BCUT2D eigenvalue weighted by atomic mass is 9.94. The van der Waals surface area contributed by atoms with Crippen molar-refractivity contribution in [1.82, 2.24) is 4.90 Å². The van der Waals surface area contributed by atoms with Gasteiger partial charge in [-0.25, -0.2) is 0 Å². The molecule has 2 fully saturated rings. The molecule has 2 aliphatic heterocycles. The average Bonchev–Trinajstić information content (AvgIpc) is 2.86. The van der Waals surface area contributed by atoms with Crippen molar-refractivity contribution in [3.63, 3.8) is 0 Å². The molecule has 0 aromatic heterocycles. The maximum Gasteiger partial charge on any atom is 0.164 e. The first-order chi connectivity index (χ1) is 10.2. The molecule has 0 amide bonds. The molecule has 4 nitrogen and oxygen atoms in total. The van der Waals surface area contributed by atoms with Crippen molar-refractivity contribution in [2.24, 2.45) is 0 Å². The molecule has 0 aliphatic carbocycles. The van der Waals surface area contributed by atoms with Gasteiger partial charge in [0.25, 0.3) is 0 Å². The number of ketones is 1. The van der Waals surface area contributed by atoms with E-state index < -0.39 is 0 Å². The fourth-order valence-electron chi connectivity index (χ4n) is 3.26. The van der Waals surface area contributed by atoms with E-state index in [9.17, 15) is 4.79 Å². The number of carbonyl (C=O) groups excluding carboxylic acids is 1. The number of carbonyl (C=O) groups is 1. The van der Waals surface area contributed by atoms with Gasteiger partial charge in [0.15, 0.2) is 5.78 Å². The molecule has 0 unspecified atom stereocenters. The van der Waals surface area contributed by atoms with E-state index in [0.717, 1.165) is 44.8 Å². The first-order valence-corrected chi connectivity index (χ1v) is 7.76. The minimum Gasteiger partial charge on any atom is -0.375 e. The van der Waals surface area contributed by atoms with Crippen molar-refractivity contribution in [2.75, 3.05) is 32.8 Å². The summed E-state index contributed by atoms with van der Waals surface area (Å²) in [4.78, 5) is 14.5. The molecule has 4 heteroatoms. The third kappa shape index (κ3) is 3.18. The monoisotopic (exact) mass is 289 g/mol. The lowest BCUT2D eigenvalue weighted by molar-refractivity contribution is -0.134. The van der Waals surface area contributed by atoms with Crippen LogP contribution in [-0.2, 0) is 9.47 Å². The minimum atomic E-state index is -0.159. The molecule has 21 heavy (non-hydrogen) atoms. The van der Waals surface area contributed by atoms with Gasteiger partial charge in [-0.3, -0.25) is 9.69 Å². The highest BCUT2D eigenvalue weighted by molar-refractivity contribution is 5.96. The highest BCUT2D eigenvalue weighted by atomic mass is 16.6. The number of Topliss-reactive ketones (excluding diaryl/α,β-unsaturated/α-hetero) is 1. The van der Waals surface area contributed by atoms with Crippen LogP contribution in [-0.4, -0.2) is 55.2 Å². The zero-order valence-electron chi connectivity index (χ0n) is 12.6. The average molecular weight is 289 g/mol. The van der Waals surface area contributed by atoms with E-state index in [1.54, 1.807) is 0 Å². The van der Waals surface area contributed by atoms with Crippen LogP contribution in [0.1, 0.15) is 30.1 Å². The van der Waals surface area contributed by atoms with Gasteiger partial charge >= 0.3 is 0 Å². The van der Waals surface area contributed by atoms with E-state index in [2.05, 4.69) is 11.8 Å².